The number of benzene rings is 2. The molecule has 2 heterocycles. The van der Waals surface area contributed by atoms with E-state index in [1.807, 2.05) is 30.1 Å². The molecule has 10 heteroatoms. The van der Waals surface area contributed by atoms with Crippen molar-refractivity contribution in [3.8, 4) is 0 Å². The number of amides is 1. The third-order valence-corrected chi connectivity index (χ3v) is 6.08. The third-order valence-electron chi connectivity index (χ3n) is 5.14. The van der Waals surface area contributed by atoms with Crippen LogP contribution in [0.15, 0.2) is 42.6 Å². The molecule has 2 aromatic carbocycles. The molecule has 0 bridgehead atoms. The Balaban J connectivity index is 1.71. The van der Waals surface area contributed by atoms with Crippen molar-refractivity contribution >= 4 is 45.6 Å². The molecule has 0 aliphatic carbocycles. The number of carbonyl (C=O) groups is 1. The van der Waals surface area contributed by atoms with Crippen LogP contribution in [0, 0.1) is 10.1 Å². The maximum atomic E-state index is 12.9. The van der Waals surface area contributed by atoms with Crippen molar-refractivity contribution in [1.82, 2.24) is 9.78 Å². The molecule has 2 N–H and O–H groups in total. The molecule has 0 unspecified atom stereocenters. The normalized spacial score (nSPS) is 14.5. The minimum Gasteiger partial charge on any atom is -0.389 e. The summed E-state index contributed by atoms with van der Waals surface area (Å²) in [4.78, 5) is 25.7. The van der Waals surface area contributed by atoms with Crippen molar-refractivity contribution in [2.24, 2.45) is 0 Å². The van der Waals surface area contributed by atoms with Crippen LogP contribution in [0.2, 0.25) is 0 Å². The Bertz CT molecular complexity index is 1160. The molecule has 0 radical (unpaired) electrons. The largest absolute Gasteiger partial charge is 0.389 e. The summed E-state index contributed by atoms with van der Waals surface area (Å²) >= 11 is 1.89. The number of nitro groups is 1. The SMILES string of the molecule is CC(C)(O)Cn1cc2cc(NC(=O)c3cccc([N+](=O)[O-])c3)c(N3CCSCC3)cc2n1. The van der Waals surface area contributed by atoms with E-state index in [1.165, 1.54) is 18.2 Å². The summed E-state index contributed by atoms with van der Waals surface area (Å²) < 4.78 is 1.70. The molecule has 1 aliphatic heterocycles. The molecule has 9 nitrogen and oxygen atoms in total. The van der Waals surface area contributed by atoms with Gasteiger partial charge in [0, 0.05) is 53.9 Å². The van der Waals surface area contributed by atoms with E-state index < -0.39 is 16.4 Å². The number of carbonyl (C=O) groups excluding carboxylic acids is 1. The van der Waals surface area contributed by atoms with Crippen LogP contribution in [0.1, 0.15) is 24.2 Å². The van der Waals surface area contributed by atoms with Crippen LogP contribution in [0.5, 0.6) is 0 Å². The van der Waals surface area contributed by atoms with E-state index in [0.29, 0.717) is 12.2 Å². The number of fused-ring (bicyclic) bond motifs is 1. The Morgan fingerprint density at radius 3 is 2.72 bits per heavy atom. The predicted octanol–water partition coefficient (Wildman–Crippen LogP) is 3.52. The standard InChI is InChI=1S/C22H25N5O4S/c1-22(2,29)14-26-13-16-11-19(20(12-18(16)24-26)25-6-8-32-9-7-25)23-21(28)15-4-3-5-17(10-15)27(30)31/h3-5,10-13,29H,6-9,14H2,1-2H3,(H,23,28). The topological polar surface area (TPSA) is 114 Å². The van der Waals surface area contributed by atoms with Gasteiger partial charge in [0.25, 0.3) is 11.6 Å². The van der Waals surface area contributed by atoms with Gasteiger partial charge < -0.3 is 15.3 Å². The second kappa shape index (κ2) is 8.79. The Kier molecular flexibility index (Phi) is 6.07. The highest BCUT2D eigenvalue weighted by atomic mass is 32.2. The van der Waals surface area contributed by atoms with Crippen LogP contribution in [0.3, 0.4) is 0 Å². The van der Waals surface area contributed by atoms with Crippen LogP contribution >= 0.6 is 11.8 Å². The molecule has 1 fully saturated rings. The number of nitro benzene ring substituents is 1. The number of thioether (sulfide) groups is 1. The maximum Gasteiger partial charge on any atom is 0.270 e. The summed E-state index contributed by atoms with van der Waals surface area (Å²) in [6.07, 6.45) is 1.84. The van der Waals surface area contributed by atoms with E-state index in [2.05, 4.69) is 15.3 Å². The van der Waals surface area contributed by atoms with Crippen molar-refractivity contribution in [1.29, 1.82) is 0 Å². The number of nitrogens with zero attached hydrogens (tertiary/aromatic N) is 4. The molecule has 4 rings (SSSR count). The number of hydrogen-bond donors (Lipinski definition) is 2. The summed E-state index contributed by atoms with van der Waals surface area (Å²) in [5.41, 5.74) is 1.45. The van der Waals surface area contributed by atoms with E-state index in [-0.39, 0.29) is 11.3 Å². The fourth-order valence-corrected chi connectivity index (χ4v) is 4.61. The molecule has 0 atom stereocenters. The second-order valence-electron chi connectivity index (χ2n) is 8.43. The molecule has 1 saturated heterocycles. The number of rotatable bonds is 6. The Labute approximate surface area is 189 Å². The smallest absolute Gasteiger partial charge is 0.270 e. The molecule has 0 spiro atoms. The Morgan fingerprint density at radius 1 is 1.28 bits per heavy atom. The zero-order valence-corrected chi connectivity index (χ0v) is 18.8. The average molecular weight is 456 g/mol. The number of aliphatic hydroxyl groups is 1. The van der Waals surface area contributed by atoms with Gasteiger partial charge in [0.2, 0.25) is 0 Å². The lowest BCUT2D eigenvalue weighted by Gasteiger charge is -2.30. The molecule has 32 heavy (non-hydrogen) atoms. The average Bonchev–Trinajstić information content (AvgIpc) is 3.13. The van der Waals surface area contributed by atoms with Gasteiger partial charge in [-0.1, -0.05) is 6.07 Å². The lowest BCUT2D eigenvalue weighted by atomic mass is 10.1. The van der Waals surface area contributed by atoms with Gasteiger partial charge in [-0.05, 0) is 32.0 Å². The summed E-state index contributed by atoms with van der Waals surface area (Å²) in [6.45, 7) is 5.48. The van der Waals surface area contributed by atoms with Crippen LogP contribution in [0.25, 0.3) is 10.9 Å². The third kappa shape index (κ3) is 5.03. The number of non-ortho nitro benzene ring substituents is 1. The van der Waals surface area contributed by atoms with E-state index in [1.54, 1.807) is 24.6 Å². The van der Waals surface area contributed by atoms with E-state index in [0.717, 1.165) is 41.2 Å². The number of nitrogens with one attached hydrogen (secondary N) is 1. The van der Waals surface area contributed by atoms with Crippen molar-refractivity contribution in [3.63, 3.8) is 0 Å². The van der Waals surface area contributed by atoms with Gasteiger partial charge in [-0.2, -0.15) is 16.9 Å². The highest BCUT2D eigenvalue weighted by Crippen LogP contribution is 2.33. The lowest BCUT2D eigenvalue weighted by Crippen LogP contribution is -2.33. The summed E-state index contributed by atoms with van der Waals surface area (Å²) in [5, 5.41) is 29.6. The van der Waals surface area contributed by atoms with Gasteiger partial charge in [0.05, 0.1) is 34.0 Å². The molecule has 0 saturated carbocycles. The van der Waals surface area contributed by atoms with Crippen LogP contribution in [0.4, 0.5) is 17.1 Å². The first-order chi connectivity index (χ1) is 15.2. The second-order valence-corrected chi connectivity index (χ2v) is 9.65. The molecular formula is C22H25N5O4S. The zero-order valence-electron chi connectivity index (χ0n) is 17.9. The highest BCUT2D eigenvalue weighted by Gasteiger charge is 2.21. The molecule has 1 amide bonds. The molecule has 168 valence electrons. The van der Waals surface area contributed by atoms with E-state index >= 15 is 0 Å². The fourth-order valence-electron chi connectivity index (χ4n) is 3.71. The van der Waals surface area contributed by atoms with Crippen LogP contribution in [-0.4, -0.2) is 55.9 Å². The molecule has 1 aromatic heterocycles. The first-order valence-electron chi connectivity index (χ1n) is 10.3. The molecule has 3 aromatic rings. The maximum absolute atomic E-state index is 12.9. The van der Waals surface area contributed by atoms with Crippen molar-refractivity contribution in [3.05, 3.63) is 58.3 Å². The van der Waals surface area contributed by atoms with Crippen LogP contribution < -0.4 is 10.2 Å². The lowest BCUT2D eigenvalue weighted by molar-refractivity contribution is -0.384. The number of anilines is 2. The van der Waals surface area contributed by atoms with Crippen molar-refractivity contribution in [2.75, 3.05) is 34.8 Å². The van der Waals surface area contributed by atoms with Gasteiger partial charge in [-0.3, -0.25) is 19.6 Å². The van der Waals surface area contributed by atoms with Gasteiger partial charge in [-0.15, -0.1) is 0 Å². The van der Waals surface area contributed by atoms with E-state index in [4.69, 9.17) is 0 Å². The summed E-state index contributed by atoms with van der Waals surface area (Å²) in [6, 6.07) is 9.51. The molecule has 1 aliphatic rings. The minimum absolute atomic E-state index is 0.130. The van der Waals surface area contributed by atoms with Crippen molar-refractivity contribution < 1.29 is 14.8 Å². The predicted molar refractivity (Wildman–Crippen MR) is 127 cm³/mol. The Morgan fingerprint density at radius 2 is 2.03 bits per heavy atom. The monoisotopic (exact) mass is 455 g/mol. The minimum atomic E-state index is -0.909. The van der Waals surface area contributed by atoms with E-state index in [9.17, 15) is 20.0 Å². The van der Waals surface area contributed by atoms with Gasteiger partial charge >= 0.3 is 0 Å². The summed E-state index contributed by atoms with van der Waals surface area (Å²) in [7, 11) is 0. The first-order valence-corrected chi connectivity index (χ1v) is 11.5. The first kappa shape index (κ1) is 22.1. The van der Waals surface area contributed by atoms with Gasteiger partial charge in [-0.25, -0.2) is 0 Å². The quantitative estimate of drug-likeness (QED) is 0.432. The van der Waals surface area contributed by atoms with Gasteiger partial charge in [0.15, 0.2) is 0 Å². The highest BCUT2D eigenvalue weighted by molar-refractivity contribution is 7.99. The zero-order chi connectivity index (χ0) is 22.9. The fraction of sp³-hybridized carbons (Fsp3) is 0.364. The van der Waals surface area contributed by atoms with Gasteiger partial charge in [0.1, 0.15) is 0 Å². The van der Waals surface area contributed by atoms with Crippen LogP contribution in [-0.2, 0) is 6.54 Å². The summed E-state index contributed by atoms with van der Waals surface area (Å²) in [5.74, 6) is 1.57. The molecular weight excluding hydrogens is 430 g/mol. The number of aromatic nitrogens is 2. The Hall–Kier alpha value is -3.11. The number of hydrogen-bond acceptors (Lipinski definition) is 7. The van der Waals surface area contributed by atoms with Crippen molar-refractivity contribution in [2.45, 2.75) is 26.0 Å².